The summed E-state index contributed by atoms with van der Waals surface area (Å²) < 4.78 is 22.8. The van der Waals surface area contributed by atoms with Gasteiger partial charge in [-0.25, -0.2) is 13.6 Å². The number of amides is 1. The number of carbonyl (C=O) groups excluding carboxylic acids is 1. The van der Waals surface area contributed by atoms with Crippen molar-refractivity contribution in [3.63, 3.8) is 0 Å². The Morgan fingerprint density at radius 3 is 2.50 bits per heavy atom. The van der Waals surface area contributed by atoms with E-state index < -0.39 is 10.0 Å². The number of pyridine rings is 1. The van der Waals surface area contributed by atoms with Gasteiger partial charge in [0.2, 0.25) is 15.9 Å². The average Bonchev–Trinajstić information content (AvgIpc) is 2.39. The van der Waals surface area contributed by atoms with Gasteiger partial charge in [0, 0.05) is 11.9 Å². The topological polar surface area (TPSA) is 102 Å². The Labute approximate surface area is 116 Å². The SMILES string of the molecule is NS(=O)(=O)c1ccccc1NC(=O)Cc1ccccn1. The summed E-state index contributed by atoms with van der Waals surface area (Å²) in [6, 6.07) is 11.2. The lowest BCUT2D eigenvalue weighted by Crippen LogP contribution is -2.19. The van der Waals surface area contributed by atoms with Crippen molar-refractivity contribution in [2.75, 3.05) is 5.32 Å². The fourth-order valence-corrected chi connectivity index (χ4v) is 2.37. The molecule has 6 nitrogen and oxygen atoms in total. The molecule has 0 fully saturated rings. The summed E-state index contributed by atoms with van der Waals surface area (Å²) >= 11 is 0. The first-order valence-electron chi connectivity index (χ1n) is 5.78. The van der Waals surface area contributed by atoms with Crippen LogP contribution in [-0.4, -0.2) is 19.3 Å². The predicted octanol–water partition coefficient (Wildman–Crippen LogP) is 0.910. The predicted molar refractivity (Wildman–Crippen MR) is 74.4 cm³/mol. The summed E-state index contributed by atoms with van der Waals surface area (Å²) in [6.45, 7) is 0. The number of sulfonamides is 1. The van der Waals surface area contributed by atoms with Crippen LogP contribution in [0.15, 0.2) is 53.6 Å². The molecular formula is C13H13N3O3S. The molecule has 0 radical (unpaired) electrons. The van der Waals surface area contributed by atoms with Crippen molar-refractivity contribution in [2.24, 2.45) is 5.14 Å². The Morgan fingerprint density at radius 2 is 1.85 bits per heavy atom. The first kappa shape index (κ1) is 14.2. The van der Waals surface area contributed by atoms with E-state index in [-0.39, 0.29) is 22.9 Å². The van der Waals surface area contributed by atoms with E-state index in [9.17, 15) is 13.2 Å². The Balaban J connectivity index is 2.17. The number of nitrogens with one attached hydrogen (secondary N) is 1. The second-order valence-corrected chi connectivity index (χ2v) is 5.62. The normalized spacial score (nSPS) is 11.1. The highest BCUT2D eigenvalue weighted by atomic mass is 32.2. The number of primary sulfonamides is 1. The molecule has 7 heteroatoms. The third-order valence-corrected chi connectivity index (χ3v) is 3.50. The third kappa shape index (κ3) is 3.62. The van der Waals surface area contributed by atoms with Crippen molar-refractivity contribution >= 4 is 21.6 Å². The van der Waals surface area contributed by atoms with Gasteiger partial charge in [0.15, 0.2) is 0 Å². The Kier molecular flexibility index (Phi) is 4.11. The van der Waals surface area contributed by atoms with Gasteiger partial charge >= 0.3 is 0 Å². The van der Waals surface area contributed by atoms with Crippen LogP contribution in [0.5, 0.6) is 0 Å². The molecule has 2 aromatic rings. The van der Waals surface area contributed by atoms with Gasteiger partial charge < -0.3 is 5.32 Å². The molecule has 3 N–H and O–H groups in total. The molecule has 0 saturated carbocycles. The summed E-state index contributed by atoms with van der Waals surface area (Å²) in [4.78, 5) is 15.8. The van der Waals surface area contributed by atoms with Crippen molar-refractivity contribution in [3.05, 3.63) is 54.4 Å². The number of anilines is 1. The molecule has 1 aromatic heterocycles. The Morgan fingerprint density at radius 1 is 1.15 bits per heavy atom. The largest absolute Gasteiger partial charge is 0.325 e. The Bertz CT molecular complexity index is 715. The van der Waals surface area contributed by atoms with Gasteiger partial charge in [-0.2, -0.15) is 0 Å². The van der Waals surface area contributed by atoms with Gasteiger partial charge in [-0.05, 0) is 24.3 Å². The minimum absolute atomic E-state index is 0.0554. The van der Waals surface area contributed by atoms with E-state index in [0.717, 1.165) is 0 Å². The number of carbonyl (C=O) groups is 1. The van der Waals surface area contributed by atoms with Crippen LogP contribution in [0.1, 0.15) is 5.69 Å². The molecule has 0 atom stereocenters. The van der Waals surface area contributed by atoms with Crippen LogP contribution in [0.25, 0.3) is 0 Å². The molecule has 0 saturated heterocycles. The van der Waals surface area contributed by atoms with Crippen molar-refractivity contribution in [3.8, 4) is 0 Å². The molecule has 1 aromatic carbocycles. The van der Waals surface area contributed by atoms with Gasteiger partial charge in [-0.1, -0.05) is 18.2 Å². The fourth-order valence-electron chi connectivity index (χ4n) is 1.68. The first-order chi connectivity index (χ1) is 9.47. The van der Waals surface area contributed by atoms with E-state index in [0.29, 0.717) is 5.69 Å². The van der Waals surface area contributed by atoms with Crippen LogP contribution < -0.4 is 10.5 Å². The molecule has 0 aliphatic rings. The Hall–Kier alpha value is -2.25. The van der Waals surface area contributed by atoms with Gasteiger partial charge in [0.1, 0.15) is 4.90 Å². The van der Waals surface area contributed by atoms with Crippen LogP contribution in [0.3, 0.4) is 0 Å². The molecule has 1 amide bonds. The minimum atomic E-state index is -3.88. The molecule has 0 bridgehead atoms. The maximum atomic E-state index is 11.9. The van der Waals surface area contributed by atoms with Crippen LogP contribution in [0.4, 0.5) is 5.69 Å². The van der Waals surface area contributed by atoms with E-state index in [2.05, 4.69) is 10.3 Å². The quantitative estimate of drug-likeness (QED) is 0.874. The highest BCUT2D eigenvalue weighted by Crippen LogP contribution is 2.19. The lowest BCUT2D eigenvalue weighted by Gasteiger charge is -2.09. The second kappa shape index (κ2) is 5.81. The molecule has 0 aliphatic heterocycles. The van der Waals surface area contributed by atoms with Crippen LogP contribution in [0.2, 0.25) is 0 Å². The summed E-state index contributed by atoms with van der Waals surface area (Å²) in [7, 11) is -3.88. The molecule has 104 valence electrons. The minimum Gasteiger partial charge on any atom is -0.325 e. The zero-order valence-corrected chi connectivity index (χ0v) is 11.3. The number of aromatic nitrogens is 1. The van der Waals surface area contributed by atoms with E-state index in [4.69, 9.17) is 5.14 Å². The zero-order valence-electron chi connectivity index (χ0n) is 10.5. The summed E-state index contributed by atoms with van der Waals surface area (Å²) in [6.07, 6.45) is 1.64. The van der Waals surface area contributed by atoms with Crippen LogP contribution >= 0.6 is 0 Å². The lowest BCUT2D eigenvalue weighted by molar-refractivity contribution is -0.115. The molecule has 20 heavy (non-hydrogen) atoms. The van der Waals surface area contributed by atoms with E-state index in [1.165, 1.54) is 18.2 Å². The number of hydrogen-bond acceptors (Lipinski definition) is 4. The number of nitrogens with two attached hydrogens (primary N) is 1. The maximum absolute atomic E-state index is 11.9. The first-order valence-corrected chi connectivity index (χ1v) is 7.33. The van der Waals surface area contributed by atoms with Crippen molar-refractivity contribution in [2.45, 2.75) is 11.3 Å². The van der Waals surface area contributed by atoms with E-state index in [1.54, 1.807) is 30.5 Å². The van der Waals surface area contributed by atoms with Crippen LogP contribution in [-0.2, 0) is 21.2 Å². The zero-order chi connectivity index (χ0) is 14.6. The highest BCUT2D eigenvalue weighted by Gasteiger charge is 2.15. The second-order valence-electron chi connectivity index (χ2n) is 4.09. The van der Waals surface area contributed by atoms with E-state index in [1.807, 2.05) is 0 Å². The van der Waals surface area contributed by atoms with Crippen molar-refractivity contribution in [1.29, 1.82) is 0 Å². The highest BCUT2D eigenvalue weighted by molar-refractivity contribution is 7.89. The average molecular weight is 291 g/mol. The molecule has 0 unspecified atom stereocenters. The summed E-state index contributed by atoms with van der Waals surface area (Å²) in [5.74, 6) is -0.361. The van der Waals surface area contributed by atoms with E-state index >= 15 is 0 Å². The smallest absolute Gasteiger partial charge is 0.240 e. The standard InChI is InChI=1S/C13H13N3O3S/c14-20(18,19)12-7-2-1-6-11(12)16-13(17)9-10-5-3-4-8-15-10/h1-8H,9H2,(H,16,17)(H2,14,18,19). The van der Waals surface area contributed by atoms with Crippen molar-refractivity contribution in [1.82, 2.24) is 4.98 Å². The summed E-state index contributed by atoms with van der Waals surface area (Å²) in [5.41, 5.74) is 0.758. The fraction of sp³-hybridized carbons (Fsp3) is 0.0769. The van der Waals surface area contributed by atoms with Gasteiger partial charge in [0.25, 0.3) is 0 Å². The molecule has 0 spiro atoms. The van der Waals surface area contributed by atoms with Crippen LogP contribution in [0, 0.1) is 0 Å². The summed E-state index contributed by atoms with van der Waals surface area (Å²) in [5, 5.41) is 7.62. The van der Waals surface area contributed by atoms with Gasteiger partial charge in [-0.15, -0.1) is 0 Å². The number of para-hydroxylation sites is 1. The molecule has 0 aliphatic carbocycles. The number of rotatable bonds is 4. The number of nitrogens with zero attached hydrogens (tertiary/aromatic N) is 1. The monoisotopic (exact) mass is 291 g/mol. The lowest BCUT2D eigenvalue weighted by atomic mass is 10.2. The van der Waals surface area contributed by atoms with Gasteiger partial charge in [0.05, 0.1) is 12.1 Å². The number of benzene rings is 1. The van der Waals surface area contributed by atoms with Gasteiger partial charge in [-0.3, -0.25) is 9.78 Å². The molecular weight excluding hydrogens is 278 g/mol. The third-order valence-electron chi connectivity index (χ3n) is 2.54. The molecule has 2 rings (SSSR count). The molecule has 1 heterocycles. The van der Waals surface area contributed by atoms with Crippen molar-refractivity contribution < 1.29 is 13.2 Å². The number of hydrogen-bond donors (Lipinski definition) is 2. The maximum Gasteiger partial charge on any atom is 0.240 e.